The van der Waals surface area contributed by atoms with Crippen LogP contribution < -0.4 is 5.73 Å². The predicted octanol–water partition coefficient (Wildman–Crippen LogP) is 3.51. The van der Waals surface area contributed by atoms with Gasteiger partial charge in [-0.05, 0) is 19.1 Å². The van der Waals surface area contributed by atoms with E-state index in [1.54, 1.807) is 0 Å². The average molecular weight is 271 g/mol. The number of halogens is 6. The van der Waals surface area contributed by atoms with E-state index in [-0.39, 0.29) is 6.07 Å². The second kappa shape index (κ2) is 4.18. The maximum absolute atomic E-state index is 12.6. The first kappa shape index (κ1) is 14.3. The molecule has 0 aromatic heterocycles. The molecule has 0 amide bonds. The molecule has 2 nitrogen and oxygen atoms in total. The number of benzene rings is 1. The largest absolute Gasteiger partial charge is 0.419 e. The number of carbonyl (C=O) groups excluding carboxylic acids is 1. The van der Waals surface area contributed by atoms with Gasteiger partial charge in [-0.15, -0.1) is 0 Å². The van der Waals surface area contributed by atoms with Gasteiger partial charge in [-0.1, -0.05) is 0 Å². The third-order valence-electron chi connectivity index (χ3n) is 2.21. The Bertz CT molecular complexity index is 488. The summed E-state index contributed by atoms with van der Waals surface area (Å²) < 4.78 is 75.1. The minimum absolute atomic E-state index is 0.204. The molecule has 0 radical (unpaired) electrons. The van der Waals surface area contributed by atoms with Crippen molar-refractivity contribution in [3.8, 4) is 0 Å². The summed E-state index contributed by atoms with van der Waals surface area (Å²) in [4.78, 5) is 11.0. The Kier molecular flexibility index (Phi) is 3.33. The number of alkyl halides is 6. The quantitative estimate of drug-likeness (QED) is 0.482. The summed E-state index contributed by atoms with van der Waals surface area (Å²) >= 11 is 0. The first-order valence-corrected chi connectivity index (χ1v) is 4.54. The summed E-state index contributed by atoms with van der Waals surface area (Å²) in [7, 11) is 0. The Morgan fingerprint density at radius 3 is 1.89 bits per heavy atom. The van der Waals surface area contributed by atoms with Crippen molar-refractivity contribution in [1.82, 2.24) is 0 Å². The van der Waals surface area contributed by atoms with Crippen LogP contribution in [0.2, 0.25) is 0 Å². The number of ketones is 1. The van der Waals surface area contributed by atoms with E-state index < -0.39 is 40.5 Å². The normalized spacial score (nSPS) is 12.6. The Morgan fingerprint density at radius 2 is 1.56 bits per heavy atom. The van der Waals surface area contributed by atoms with Crippen LogP contribution in [0.5, 0.6) is 0 Å². The van der Waals surface area contributed by atoms with Crippen LogP contribution in [0.4, 0.5) is 32.0 Å². The number of nitrogens with two attached hydrogens (primary N) is 1. The Balaban J connectivity index is 3.69. The molecule has 0 heterocycles. The number of carbonyl (C=O) groups is 1. The number of hydrogen-bond acceptors (Lipinski definition) is 2. The Morgan fingerprint density at radius 1 is 1.06 bits per heavy atom. The molecule has 18 heavy (non-hydrogen) atoms. The maximum Gasteiger partial charge on any atom is 0.419 e. The van der Waals surface area contributed by atoms with Gasteiger partial charge < -0.3 is 5.73 Å². The standard InChI is InChI=1S/C10H7F6NO/c1-4(18)5-2-3-6(9(11,12)13)7(8(5)17)10(14,15)16/h2-3H,17H2,1H3. The van der Waals surface area contributed by atoms with Crippen molar-refractivity contribution in [2.45, 2.75) is 19.3 Å². The smallest absolute Gasteiger partial charge is 0.398 e. The lowest BCUT2D eigenvalue weighted by molar-refractivity contribution is -0.161. The molecule has 100 valence electrons. The van der Waals surface area contributed by atoms with E-state index in [0.717, 1.165) is 6.92 Å². The monoisotopic (exact) mass is 271 g/mol. The minimum Gasteiger partial charge on any atom is -0.398 e. The lowest BCUT2D eigenvalue weighted by Crippen LogP contribution is -2.20. The molecule has 0 atom stereocenters. The van der Waals surface area contributed by atoms with Crippen LogP contribution >= 0.6 is 0 Å². The lowest BCUT2D eigenvalue weighted by Gasteiger charge is -2.18. The molecule has 1 rings (SSSR count). The molecule has 1 aromatic rings. The number of Topliss-reactive ketones (excluding diaryl/α,β-unsaturated/α-hetero) is 1. The van der Waals surface area contributed by atoms with E-state index in [1.165, 1.54) is 0 Å². The van der Waals surface area contributed by atoms with Gasteiger partial charge in [-0.3, -0.25) is 4.79 Å². The van der Waals surface area contributed by atoms with Crippen molar-refractivity contribution in [3.05, 3.63) is 28.8 Å². The van der Waals surface area contributed by atoms with Crippen molar-refractivity contribution in [2.75, 3.05) is 5.73 Å². The molecular formula is C10H7F6NO. The van der Waals surface area contributed by atoms with Crippen molar-refractivity contribution in [1.29, 1.82) is 0 Å². The zero-order valence-corrected chi connectivity index (χ0v) is 8.91. The third kappa shape index (κ3) is 2.57. The molecule has 0 saturated heterocycles. The molecule has 0 aliphatic rings. The molecule has 8 heteroatoms. The van der Waals surface area contributed by atoms with Crippen LogP contribution in [0.15, 0.2) is 12.1 Å². The van der Waals surface area contributed by atoms with Gasteiger partial charge >= 0.3 is 12.4 Å². The first-order chi connectivity index (χ1) is 7.96. The fraction of sp³-hybridized carbons (Fsp3) is 0.300. The molecular weight excluding hydrogens is 264 g/mol. The zero-order valence-electron chi connectivity index (χ0n) is 8.91. The zero-order chi connectivity index (χ0) is 14.3. The van der Waals surface area contributed by atoms with Gasteiger partial charge in [0.25, 0.3) is 0 Å². The van der Waals surface area contributed by atoms with Crippen LogP contribution in [-0.4, -0.2) is 5.78 Å². The average Bonchev–Trinajstić information content (AvgIpc) is 2.12. The summed E-state index contributed by atoms with van der Waals surface area (Å²) in [6.07, 6.45) is -10.5. The van der Waals surface area contributed by atoms with Crippen LogP contribution in [0, 0.1) is 0 Å². The topological polar surface area (TPSA) is 43.1 Å². The van der Waals surface area contributed by atoms with E-state index in [0.29, 0.717) is 6.07 Å². The minimum atomic E-state index is -5.29. The SMILES string of the molecule is CC(=O)c1ccc(C(F)(F)F)c(C(F)(F)F)c1N. The molecule has 0 fully saturated rings. The van der Waals surface area contributed by atoms with E-state index in [4.69, 9.17) is 5.73 Å². The second-order valence-corrected chi connectivity index (χ2v) is 3.50. The third-order valence-corrected chi connectivity index (χ3v) is 2.21. The van der Waals surface area contributed by atoms with E-state index in [9.17, 15) is 31.1 Å². The van der Waals surface area contributed by atoms with Crippen LogP contribution in [0.25, 0.3) is 0 Å². The Labute approximate surface area is 97.4 Å². The van der Waals surface area contributed by atoms with Gasteiger partial charge in [0.05, 0.1) is 16.8 Å². The number of anilines is 1. The fourth-order valence-electron chi connectivity index (χ4n) is 1.47. The van der Waals surface area contributed by atoms with Gasteiger partial charge in [0.2, 0.25) is 0 Å². The molecule has 0 spiro atoms. The lowest BCUT2D eigenvalue weighted by atomic mass is 9.98. The highest BCUT2D eigenvalue weighted by Gasteiger charge is 2.45. The maximum atomic E-state index is 12.6. The summed E-state index contributed by atoms with van der Waals surface area (Å²) in [5.74, 6) is -0.841. The molecule has 0 saturated carbocycles. The van der Waals surface area contributed by atoms with Crippen molar-refractivity contribution in [3.63, 3.8) is 0 Å². The van der Waals surface area contributed by atoms with Crippen molar-refractivity contribution >= 4 is 11.5 Å². The highest BCUT2D eigenvalue weighted by Crippen LogP contribution is 2.44. The van der Waals surface area contributed by atoms with Gasteiger partial charge in [-0.2, -0.15) is 26.3 Å². The highest BCUT2D eigenvalue weighted by molar-refractivity contribution is 6.00. The van der Waals surface area contributed by atoms with Gasteiger partial charge in [0.1, 0.15) is 0 Å². The first-order valence-electron chi connectivity index (χ1n) is 4.54. The number of nitrogen functional groups attached to an aromatic ring is 1. The van der Waals surface area contributed by atoms with E-state index in [1.807, 2.05) is 0 Å². The van der Waals surface area contributed by atoms with Gasteiger partial charge in [-0.25, -0.2) is 0 Å². The molecule has 0 aliphatic heterocycles. The molecule has 0 unspecified atom stereocenters. The Hall–Kier alpha value is -1.73. The molecule has 0 bridgehead atoms. The fourth-order valence-corrected chi connectivity index (χ4v) is 1.47. The van der Waals surface area contributed by atoms with E-state index >= 15 is 0 Å². The molecule has 2 N–H and O–H groups in total. The molecule has 1 aromatic carbocycles. The van der Waals surface area contributed by atoms with E-state index in [2.05, 4.69) is 0 Å². The second-order valence-electron chi connectivity index (χ2n) is 3.50. The van der Waals surface area contributed by atoms with Crippen LogP contribution in [-0.2, 0) is 12.4 Å². The number of hydrogen-bond donors (Lipinski definition) is 1. The highest BCUT2D eigenvalue weighted by atomic mass is 19.4. The summed E-state index contributed by atoms with van der Waals surface area (Å²) in [6, 6.07) is 0.839. The van der Waals surface area contributed by atoms with Gasteiger partial charge in [0, 0.05) is 5.56 Å². The molecule has 0 aliphatic carbocycles. The number of rotatable bonds is 1. The van der Waals surface area contributed by atoms with Gasteiger partial charge in [0.15, 0.2) is 5.78 Å². The summed E-state index contributed by atoms with van der Waals surface area (Å²) in [5, 5.41) is 0. The summed E-state index contributed by atoms with van der Waals surface area (Å²) in [5.41, 5.74) is -0.695. The van der Waals surface area contributed by atoms with Crippen molar-refractivity contribution < 1.29 is 31.1 Å². The van der Waals surface area contributed by atoms with Crippen LogP contribution in [0.3, 0.4) is 0 Å². The van der Waals surface area contributed by atoms with Crippen molar-refractivity contribution in [2.24, 2.45) is 0 Å². The predicted molar refractivity (Wildman–Crippen MR) is 50.9 cm³/mol. The van der Waals surface area contributed by atoms with Crippen LogP contribution in [0.1, 0.15) is 28.4 Å². The summed E-state index contributed by atoms with van der Waals surface area (Å²) in [6.45, 7) is 0.916.